The molecule has 28 heavy (non-hydrogen) atoms. The van der Waals surface area contributed by atoms with Crippen molar-refractivity contribution >= 4 is 35.1 Å². The fourth-order valence-corrected chi connectivity index (χ4v) is 2.37. The molecule has 0 spiro atoms. The highest BCUT2D eigenvalue weighted by Gasteiger charge is 2.12. The Bertz CT molecular complexity index is 992. The Balaban J connectivity index is 1.76. The number of esters is 2. The first-order valence-corrected chi connectivity index (χ1v) is 8.20. The van der Waals surface area contributed by atoms with Crippen LogP contribution in [0.25, 0.3) is 0 Å². The summed E-state index contributed by atoms with van der Waals surface area (Å²) in [7, 11) is 2.64. The lowest BCUT2D eigenvalue weighted by Gasteiger charge is -2.10. The van der Waals surface area contributed by atoms with E-state index in [2.05, 4.69) is 30.6 Å². The zero-order valence-corrected chi connectivity index (χ0v) is 15.2. The lowest BCUT2D eigenvalue weighted by atomic mass is 10.2. The van der Waals surface area contributed by atoms with Crippen LogP contribution in [-0.2, 0) is 9.47 Å². The molecule has 0 fully saturated rings. The molecule has 9 nitrogen and oxygen atoms in total. The molecule has 0 amide bonds. The number of carbonyl (C=O) groups excluding carboxylic acids is 2. The van der Waals surface area contributed by atoms with Crippen LogP contribution >= 0.6 is 0 Å². The molecular weight excluding hydrogens is 362 g/mol. The molecule has 0 saturated heterocycles. The number of hydrogen-bond donors (Lipinski definition) is 2. The Kier molecular flexibility index (Phi) is 5.75. The minimum absolute atomic E-state index is 0.242. The zero-order chi connectivity index (χ0) is 19.9. The SMILES string of the molecule is COC(=O)c1ccc(Nc2nncc(Nc3ccccc3C(=O)OC)n2)cc1. The second-order valence-electron chi connectivity index (χ2n) is 5.52. The number of methoxy groups -OCH3 is 2. The normalized spacial score (nSPS) is 10.1. The van der Waals surface area contributed by atoms with Gasteiger partial charge in [0.1, 0.15) is 0 Å². The topological polar surface area (TPSA) is 115 Å². The highest BCUT2D eigenvalue weighted by Crippen LogP contribution is 2.21. The number of para-hydroxylation sites is 1. The van der Waals surface area contributed by atoms with Gasteiger partial charge >= 0.3 is 11.9 Å². The van der Waals surface area contributed by atoms with E-state index in [0.29, 0.717) is 28.3 Å². The van der Waals surface area contributed by atoms with E-state index in [1.165, 1.54) is 20.4 Å². The predicted octanol–water partition coefficient (Wildman–Crippen LogP) is 2.93. The maximum atomic E-state index is 11.9. The summed E-state index contributed by atoms with van der Waals surface area (Å²) in [6.45, 7) is 0. The summed E-state index contributed by atoms with van der Waals surface area (Å²) in [4.78, 5) is 27.7. The van der Waals surface area contributed by atoms with Crippen molar-refractivity contribution in [2.24, 2.45) is 0 Å². The van der Waals surface area contributed by atoms with Crippen LogP contribution in [-0.4, -0.2) is 41.3 Å². The van der Waals surface area contributed by atoms with Gasteiger partial charge in [-0.3, -0.25) is 0 Å². The molecule has 0 radical (unpaired) electrons. The minimum atomic E-state index is -0.464. The van der Waals surface area contributed by atoms with E-state index < -0.39 is 11.9 Å². The van der Waals surface area contributed by atoms with Gasteiger partial charge in [0.15, 0.2) is 5.82 Å². The highest BCUT2D eigenvalue weighted by molar-refractivity contribution is 5.96. The number of nitrogens with zero attached hydrogens (tertiary/aromatic N) is 3. The number of anilines is 4. The molecule has 3 rings (SSSR count). The summed E-state index contributed by atoms with van der Waals surface area (Å²) in [6, 6.07) is 13.5. The highest BCUT2D eigenvalue weighted by atomic mass is 16.5. The van der Waals surface area contributed by atoms with E-state index in [0.717, 1.165) is 0 Å². The van der Waals surface area contributed by atoms with Crippen LogP contribution in [0.3, 0.4) is 0 Å². The summed E-state index contributed by atoms with van der Waals surface area (Å²) in [6.07, 6.45) is 1.43. The first-order chi connectivity index (χ1) is 13.6. The fourth-order valence-electron chi connectivity index (χ4n) is 2.37. The third-order valence-electron chi connectivity index (χ3n) is 3.72. The molecule has 2 N–H and O–H groups in total. The van der Waals surface area contributed by atoms with E-state index >= 15 is 0 Å². The number of ether oxygens (including phenoxy) is 2. The monoisotopic (exact) mass is 379 g/mol. The van der Waals surface area contributed by atoms with Crippen LogP contribution < -0.4 is 10.6 Å². The summed E-state index contributed by atoms with van der Waals surface area (Å²) >= 11 is 0. The molecule has 0 aliphatic rings. The quantitative estimate of drug-likeness (QED) is 0.624. The number of carbonyl (C=O) groups is 2. The Labute approximate surface area is 160 Å². The van der Waals surface area contributed by atoms with Crippen molar-refractivity contribution < 1.29 is 19.1 Å². The first kappa shape index (κ1) is 18.8. The van der Waals surface area contributed by atoms with Crippen molar-refractivity contribution in [2.75, 3.05) is 24.9 Å². The van der Waals surface area contributed by atoms with Crippen molar-refractivity contribution in [3.05, 3.63) is 65.9 Å². The van der Waals surface area contributed by atoms with Crippen molar-refractivity contribution in [2.45, 2.75) is 0 Å². The summed E-state index contributed by atoms with van der Waals surface area (Å²) < 4.78 is 9.45. The molecule has 0 unspecified atom stereocenters. The maximum absolute atomic E-state index is 11.9. The molecule has 1 aromatic heterocycles. The lowest BCUT2D eigenvalue weighted by Crippen LogP contribution is -2.07. The van der Waals surface area contributed by atoms with E-state index in [4.69, 9.17) is 4.74 Å². The van der Waals surface area contributed by atoms with Crippen molar-refractivity contribution in [3.8, 4) is 0 Å². The van der Waals surface area contributed by atoms with Gasteiger partial charge in [-0.15, -0.1) is 5.10 Å². The standard InChI is InChI=1S/C19H17N5O4/c1-27-17(25)12-7-9-13(10-8-12)21-19-23-16(11-20-24-19)22-15-6-4-3-5-14(15)18(26)28-2/h3-11H,1-2H3,(H2,21,22,23,24). The smallest absolute Gasteiger partial charge is 0.339 e. The average Bonchev–Trinajstić information content (AvgIpc) is 2.74. The van der Waals surface area contributed by atoms with Crippen LogP contribution in [0.5, 0.6) is 0 Å². The summed E-state index contributed by atoms with van der Waals surface area (Å²) in [5, 5.41) is 13.9. The Hall–Kier alpha value is -4.01. The maximum Gasteiger partial charge on any atom is 0.339 e. The molecule has 0 aliphatic carbocycles. The van der Waals surface area contributed by atoms with Crippen molar-refractivity contribution in [3.63, 3.8) is 0 Å². The van der Waals surface area contributed by atoms with E-state index in [1.54, 1.807) is 48.5 Å². The molecule has 3 aromatic rings. The molecule has 0 bridgehead atoms. The Morgan fingerprint density at radius 2 is 1.61 bits per heavy atom. The number of rotatable bonds is 6. The Morgan fingerprint density at radius 3 is 2.32 bits per heavy atom. The molecule has 9 heteroatoms. The van der Waals surface area contributed by atoms with Gasteiger partial charge in [0.2, 0.25) is 5.95 Å². The molecule has 0 atom stereocenters. The van der Waals surface area contributed by atoms with Gasteiger partial charge in [0.25, 0.3) is 0 Å². The van der Waals surface area contributed by atoms with Crippen LogP contribution in [0.2, 0.25) is 0 Å². The number of aromatic nitrogens is 3. The predicted molar refractivity (Wildman–Crippen MR) is 102 cm³/mol. The number of hydrogen-bond acceptors (Lipinski definition) is 9. The largest absolute Gasteiger partial charge is 0.465 e. The minimum Gasteiger partial charge on any atom is -0.465 e. The van der Waals surface area contributed by atoms with Gasteiger partial charge in [-0.1, -0.05) is 12.1 Å². The summed E-state index contributed by atoms with van der Waals surface area (Å²) in [5.74, 6) is -0.250. The van der Waals surface area contributed by atoms with E-state index in [9.17, 15) is 9.59 Å². The van der Waals surface area contributed by atoms with Gasteiger partial charge in [0, 0.05) is 5.69 Å². The second kappa shape index (κ2) is 8.58. The van der Waals surface area contributed by atoms with Gasteiger partial charge in [-0.05, 0) is 36.4 Å². The van der Waals surface area contributed by atoms with E-state index in [-0.39, 0.29) is 5.95 Å². The molecule has 0 saturated carbocycles. The molecule has 1 heterocycles. The van der Waals surface area contributed by atoms with Crippen LogP contribution in [0.4, 0.5) is 23.1 Å². The van der Waals surface area contributed by atoms with E-state index in [1.807, 2.05) is 0 Å². The number of nitrogens with one attached hydrogen (secondary N) is 2. The summed E-state index contributed by atoms with van der Waals surface area (Å²) in [5.41, 5.74) is 2.00. The van der Waals surface area contributed by atoms with Gasteiger partial charge in [-0.25, -0.2) is 9.59 Å². The first-order valence-electron chi connectivity index (χ1n) is 8.20. The van der Waals surface area contributed by atoms with Crippen LogP contribution in [0.15, 0.2) is 54.7 Å². The average molecular weight is 379 g/mol. The van der Waals surface area contributed by atoms with Crippen LogP contribution in [0, 0.1) is 0 Å². The lowest BCUT2D eigenvalue weighted by molar-refractivity contribution is 0.0592. The third-order valence-corrected chi connectivity index (χ3v) is 3.72. The molecule has 0 aliphatic heterocycles. The molecular formula is C19H17N5O4. The number of benzene rings is 2. The van der Waals surface area contributed by atoms with Crippen molar-refractivity contribution in [1.82, 2.24) is 15.2 Å². The van der Waals surface area contributed by atoms with Crippen molar-refractivity contribution in [1.29, 1.82) is 0 Å². The van der Waals surface area contributed by atoms with Gasteiger partial charge < -0.3 is 20.1 Å². The fraction of sp³-hybridized carbons (Fsp3) is 0.105. The van der Waals surface area contributed by atoms with Crippen LogP contribution in [0.1, 0.15) is 20.7 Å². The van der Waals surface area contributed by atoms with Gasteiger partial charge in [0.05, 0.1) is 37.2 Å². The Morgan fingerprint density at radius 1 is 0.893 bits per heavy atom. The second-order valence-corrected chi connectivity index (χ2v) is 5.52. The molecule has 142 valence electrons. The van der Waals surface area contributed by atoms with Gasteiger partial charge in [-0.2, -0.15) is 10.1 Å². The zero-order valence-electron chi connectivity index (χ0n) is 15.2. The molecule has 2 aromatic carbocycles. The third kappa shape index (κ3) is 4.39.